The molecule has 1 fully saturated rings. The maximum atomic E-state index is 12.6. The average molecular weight is 385 g/mol. The number of carbonyl (C=O) groups excluding carboxylic acids is 1. The Bertz CT molecular complexity index is 763. The van der Waals surface area contributed by atoms with Gasteiger partial charge in [-0.3, -0.25) is 0 Å². The Hall–Kier alpha value is -1.48. The number of nitrogens with one attached hydrogen (secondary N) is 1. The summed E-state index contributed by atoms with van der Waals surface area (Å²) in [5, 5.41) is 2.17. The summed E-state index contributed by atoms with van der Waals surface area (Å²) in [6, 6.07) is 1.99. The van der Waals surface area contributed by atoms with Gasteiger partial charge in [0.2, 0.25) is 0 Å². The highest BCUT2D eigenvalue weighted by Gasteiger charge is 2.41. The number of benzene rings is 1. The van der Waals surface area contributed by atoms with Crippen molar-refractivity contribution >= 4 is 33.2 Å². The zero-order valence-corrected chi connectivity index (χ0v) is 14.5. The summed E-state index contributed by atoms with van der Waals surface area (Å²) in [7, 11) is -3.30. The molecule has 0 saturated carbocycles. The summed E-state index contributed by atoms with van der Waals surface area (Å²) >= 11 is 5.79. The highest BCUT2D eigenvalue weighted by atomic mass is 35.5. The molecule has 1 aliphatic rings. The molecule has 10 heteroatoms. The number of sulfone groups is 1. The van der Waals surface area contributed by atoms with Gasteiger partial charge in [0.15, 0.2) is 9.84 Å². The molecule has 24 heavy (non-hydrogen) atoms. The topological polar surface area (TPSA) is 66.5 Å². The number of amides is 2. The quantitative estimate of drug-likeness (QED) is 0.807. The second-order valence-corrected chi connectivity index (χ2v) is 9.27. The van der Waals surface area contributed by atoms with Gasteiger partial charge in [0, 0.05) is 13.1 Å². The number of urea groups is 1. The lowest BCUT2D eigenvalue weighted by atomic mass is 10.2. The maximum Gasteiger partial charge on any atom is 0.416 e. The summed E-state index contributed by atoms with van der Waals surface area (Å²) in [5.41, 5.74) is -0.892. The second-order valence-electron chi connectivity index (χ2n) is 6.12. The molecule has 1 aliphatic heterocycles. The molecule has 134 valence electrons. The number of hydrogen-bond donors (Lipinski definition) is 1. The van der Waals surface area contributed by atoms with Crippen LogP contribution in [0.25, 0.3) is 0 Å². The number of anilines is 1. The van der Waals surface area contributed by atoms with E-state index in [0.29, 0.717) is 0 Å². The minimum atomic E-state index is -4.53. The third kappa shape index (κ3) is 3.77. The van der Waals surface area contributed by atoms with Crippen LogP contribution in [0.3, 0.4) is 0 Å². The van der Waals surface area contributed by atoms with E-state index in [1.165, 1.54) is 18.7 Å². The van der Waals surface area contributed by atoms with E-state index in [9.17, 15) is 26.4 Å². The highest BCUT2D eigenvalue weighted by Crippen LogP contribution is 2.34. The lowest BCUT2D eigenvalue weighted by Crippen LogP contribution is -2.55. The van der Waals surface area contributed by atoms with Crippen LogP contribution >= 0.6 is 11.6 Å². The molecule has 0 radical (unpaired) electrons. The van der Waals surface area contributed by atoms with Gasteiger partial charge < -0.3 is 10.2 Å². The fourth-order valence-corrected chi connectivity index (χ4v) is 3.90. The number of carbonyl (C=O) groups is 1. The fourth-order valence-electron chi connectivity index (χ4n) is 2.30. The number of alkyl halides is 3. The van der Waals surface area contributed by atoms with E-state index >= 15 is 0 Å². The first-order chi connectivity index (χ1) is 10.8. The predicted octanol–water partition coefficient (Wildman–Crippen LogP) is 3.40. The molecule has 0 atom stereocenters. The standard InChI is InChI=1S/C14H16ClF3N2O3S/c1-13(2)8-20(5-6-24(13,22)23)12(21)19-11-4-3-9(7-10(11)15)14(16,17)18/h3-4,7H,5-6,8H2,1-2H3,(H,19,21). The Balaban J connectivity index is 2.14. The monoisotopic (exact) mass is 384 g/mol. The highest BCUT2D eigenvalue weighted by molar-refractivity contribution is 7.92. The third-order valence-electron chi connectivity index (χ3n) is 3.87. The molecule has 0 spiro atoms. The van der Waals surface area contributed by atoms with Gasteiger partial charge in [-0.25, -0.2) is 13.2 Å². The van der Waals surface area contributed by atoms with Crippen LogP contribution < -0.4 is 5.32 Å². The number of rotatable bonds is 1. The van der Waals surface area contributed by atoms with E-state index < -0.39 is 32.4 Å². The van der Waals surface area contributed by atoms with Crippen LogP contribution in [0.4, 0.5) is 23.7 Å². The Morgan fingerprint density at radius 2 is 1.96 bits per heavy atom. The van der Waals surface area contributed by atoms with Crippen LogP contribution in [0.15, 0.2) is 18.2 Å². The molecule has 0 aromatic heterocycles. The summed E-state index contributed by atoms with van der Waals surface area (Å²) in [6.07, 6.45) is -4.53. The molecule has 1 N–H and O–H groups in total. The van der Waals surface area contributed by atoms with E-state index in [0.717, 1.165) is 18.2 Å². The molecule has 1 heterocycles. The zero-order chi connectivity index (χ0) is 18.3. The summed E-state index contributed by atoms with van der Waals surface area (Å²) in [4.78, 5) is 13.5. The molecule has 0 unspecified atom stereocenters. The normalized spacial score (nSPS) is 19.8. The lowest BCUT2D eigenvalue weighted by molar-refractivity contribution is -0.137. The summed E-state index contributed by atoms with van der Waals surface area (Å²) in [6.45, 7) is 3.04. The van der Waals surface area contributed by atoms with Crippen molar-refractivity contribution in [1.29, 1.82) is 0 Å². The van der Waals surface area contributed by atoms with Gasteiger partial charge in [0.25, 0.3) is 0 Å². The van der Waals surface area contributed by atoms with Crippen molar-refractivity contribution in [3.05, 3.63) is 28.8 Å². The lowest BCUT2D eigenvalue weighted by Gasteiger charge is -2.37. The van der Waals surface area contributed by atoms with Crippen LogP contribution in [-0.4, -0.2) is 42.9 Å². The Labute approximate surface area is 142 Å². The van der Waals surface area contributed by atoms with Gasteiger partial charge in [0.05, 0.1) is 26.8 Å². The van der Waals surface area contributed by atoms with Crippen molar-refractivity contribution in [1.82, 2.24) is 4.90 Å². The Morgan fingerprint density at radius 1 is 1.33 bits per heavy atom. The van der Waals surface area contributed by atoms with Gasteiger partial charge in [-0.1, -0.05) is 11.6 Å². The van der Waals surface area contributed by atoms with E-state index in [1.54, 1.807) is 0 Å². The van der Waals surface area contributed by atoms with Gasteiger partial charge in [-0.15, -0.1) is 0 Å². The molecule has 0 bridgehead atoms. The van der Waals surface area contributed by atoms with Crippen molar-refractivity contribution in [3.63, 3.8) is 0 Å². The first kappa shape index (κ1) is 18.9. The zero-order valence-electron chi connectivity index (χ0n) is 12.9. The van der Waals surface area contributed by atoms with Crippen LogP contribution in [0.2, 0.25) is 5.02 Å². The van der Waals surface area contributed by atoms with Crippen LogP contribution in [0, 0.1) is 0 Å². The molecule has 5 nitrogen and oxygen atoms in total. The number of nitrogens with zero attached hydrogens (tertiary/aromatic N) is 1. The van der Waals surface area contributed by atoms with E-state index in [4.69, 9.17) is 11.6 Å². The van der Waals surface area contributed by atoms with E-state index in [1.807, 2.05) is 0 Å². The van der Waals surface area contributed by atoms with Gasteiger partial charge in [0.1, 0.15) is 0 Å². The van der Waals surface area contributed by atoms with Gasteiger partial charge >= 0.3 is 12.2 Å². The summed E-state index contributed by atoms with van der Waals surface area (Å²) < 4.78 is 60.6. The summed E-state index contributed by atoms with van der Waals surface area (Å²) in [5.74, 6) is -0.172. The van der Waals surface area contributed by atoms with Crippen molar-refractivity contribution in [2.75, 3.05) is 24.2 Å². The Morgan fingerprint density at radius 3 is 2.46 bits per heavy atom. The molecular weight excluding hydrogens is 369 g/mol. The number of halogens is 4. The minimum absolute atomic E-state index is 0.00977. The van der Waals surface area contributed by atoms with Crippen LogP contribution in [0.1, 0.15) is 19.4 Å². The Kier molecular flexibility index (Phi) is 4.80. The number of hydrogen-bond acceptors (Lipinski definition) is 3. The molecule has 2 amide bonds. The molecule has 1 saturated heterocycles. The maximum absolute atomic E-state index is 12.6. The first-order valence-corrected chi connectivity index (χ1v) is 9.01. The molecular formula is C14H16ClF3N2O3S. The van der Waals surface area contributed by atoms with E-state index in [2.05, 4.69) is 5.32 Å². The fraction of sp³-hybridized carbons (Fsp3) is 0.500. The van der Waals surface area contributed by atoms with Gasteiger partial charge in [-0.2, -0.15) is 13.2 Å². The average Bonchev–Trinajstić information content (AvgIpc) is 2.42. The first-order valence-electron chi connectivity index (χ1n) is 6.98. The van der Waals surface area contributed by atoms with Crippen LogP contribution in [0.5, 0.6) is 0 Å². The van der Waals surface area contributed by atoms with Crippen molar-refractivity contribution in [2.24, 2.45) is 0 Å². The molecule has 1 aromatic rings. The minimum Gasteiger partial charge on any atom is -0.322 e. The molecule has 0 aliphatic carbocycles. The largest absolute Gasteiger partial charge is 0.416 e. The van der Waals surface area contributed by atoms with Gasteiger partial charge in [-0.05, 0) is 32.0 Å². The van der Waals surface area contributed by atoms with Crippen molar-refractivity contribution in [3.8, 4) is 0 Å². The third-order valence-corrected chi connectivity index (χ3v) is 6.71. The van der Waals surface area contributed by atoms with E-state index in [-0.39, 0.29) is 29.6 Å². The smallest absolute Gasteiger partial charge is 0.322 e. The van der Waals surface area contributed by atoms with Crippen molar-refractivity contribution in [2.45, 2.75) is 24.8 Å². The SMILES string of the molecule is CC1(C)CN(C(=O)Nc2ccc(C(F)(F)F)cc2Cl)CCS1(=O)=O. The van der Waals surface area contributed by atoms with Crippen molar-refractivity contribution < 1.29 is 26.4 Å². The van der Waals surface area contributed by atoms with Crippen LogP contribution in [-0.2, 0) is 16.0 Å². The predicted molar refractivity (Wildman–Crippen MR) is 84.9 cm³/mol. The second kappa shape index (κ2) is 6.11. The molecule has 2 rings (SSSR count). The molecule has 1 aromatic carbocycles.